The fraction of sp³-hybridized carbons (Fsp3) is 0.100. The normalized spacial score (nSPS) is 11.1. The molecule has 0 unspecified atom stereocenters. The maximum atomic E-state index is 6.08. The lowest BCUT2D eigenvalue weighted by Crippen LogP contribution is -1.92. The van der Waals surface area contributed by atoms with E-state index in [4.69, 9.17) is 11.6 Å². The summed E-state index contributed by atoms with van der Waals surface area (Å²) in [5.41, 5.74) is 4.11. The Morgan fingerprint density at radius 1 is 1.38 bits per heavy atom. The predicted octanol–water partition coefficient (Wildman–Crippen LogP) is 4.39. The van der Waals surface area contributed by atoms with Gasteiger partial charge in [0.05, 0.1) is 11.2 Å². The van der Waals surface area contributed by atoms with E-state index in [9.17, 15) is 0 Å². The molecular formula is C10H8ClN3S2. The van der Waals surface area contributed by atoms with Gasteiger partial charge in [-0.05, 0) is 17.9 Å². The highest BCUT2D eigenvalue weighted by Crippen LogP contribution is 2.34. The maximum Gasteiger partial charge on any atom is 0.205 e. The van der Waals surface area contributed by atoms with Crippen molar-refractivity contribution in [3.05, 3.63) is 26.0 Å². The van der Waals surface area contributed by atoms with Gasteiger partial charge in [0, 0.05) is 10.8 Å². The van der Waals surface area contributed by atoms with Crippen molar-refractivity contribution in [3.63, 3.8) is 0 Å². The molecule has 0 radical (unpaired) electrons. The van der Waals surface area contributed by atoms with Crippen LogP contribution in [0.2, 0.25) is 4.34 Å². The van der Waals surface area contributed by atoms with E-state index >= 15 is 0 Å². The quantitative estimate of drug-likeness (QED) is 0.724. The minimum atomic E-state index is 0.737. The number of anilines is 2. The molecule has 0 aliphatic rings. The van der Waals surface area contributed by atoms with Crippen molar-refractivity contribution in [1.82, 2.24) is 9.97 Å². The number of aryl methyl sites for hydroxylation is 1. The van der Waals surface area contributed by atoms with Gasteiger partial charge < -0.3 is 10.3 Å². The van der Waals surface area contributed by atoms with Gasteiger partial charge in [0.2, 0.25) is 5.95 Å². The SMILES string of the molecule is Cc1csc(Cl)c1Nc1nc2cscc2[nH]1. The summed E-state index contributed by atoms with van der Waals surface area (Å²) in [6.07, 6.45) is 0. The van der Waals surface area contributed by atoms with Gasteiger partial charge in [-0.15, -0.1) is 22.7 Å². The van der Waals surface area contributed by atoms with E-state index in [-0.39, 0.29) is 0 Å². The molecule has 0 saturated carbocycles. The molecule has 0 fully saturated rings. The first kappa shape index (κ1) is 10.1. The summed E-state index contributed by atoms with van der Waals surface area (Å²) < 4.78 is 0.761. The minimum Gasteiger partial charge on any atom is -0.324 e. The van der Waals surface area contributed by atoms with Gasteiger partial charge in [-0.3, -0.25) is 0 Å². The highest BCUT2D eigenvalue weighted by atomic mass is 35.5. The van der Waals surface area contributed by atoms with E-state index in [2.05, 4.69) is 15.3 Å². The number of aromatic nitrogens is 2. The molecule has 82 valence electrons. The Kier molecular flexibility index (Phi) is 2.38. The zero-order chi connectivity index (χ0) is 11.1. The first-order valence-corrected chi connectivity index (χ1v) is 6.86. The van der Waals surface area contributed by atoms with Crippen LogP contribution in [0.5, 0.6) is 0 Å². The van der Waals surface area contributed by atoms with Crippen LogP contribution in [-0.2, 0) is 0 Å². The number of thiophene rings is 2. The number of nitrogens with one attached hydrogen (secondary N) is 2. The van der Waals surface area contributed by atoms with Gasteiger partial charge >= 0.3 is 0 Å². The second-order valence-electron chi connectivity index (χ2n) is 3.45. The summed E-state index contributed by atoms with van der Waals surface area (Å²) in [5.74, 6) is 0.737. The number of halogens is 1. The Hall–Kier alpha value is -1.04. The molecule has 6 heteroatoms. The topological polar surface area (TPSA) is 40.7 Å². The van der Waals surface area contributed by atoms with E-state index in [1.54, 1.807) is 11.3 Å². The first-order chi connectivity index (χ1) is 7.74. The van der Waals surface area contributed by atoms with Crippen molar-refractivity contribution >= 4 is 56.9 Å². The molecule has 3 rings (SSSR count). The fourth-order valence-corrected chi connectivity index (χ4v) is 3.23. The molecule has 0 aromatic carbocycles. The van der Waals surface area contributed by atoms with Gasteiger partial charge in [-0.1, -0.05) is 11.6 Å². The molecule has 2 N–H and O–H groups in total. The van der Waals surface area contributed by atoms with Crippen molar-refractivity contribution in [3.8, 4) is 0 Å². The second kappa shape index (κ2) is 3.76. The van der Waals surface area contributed by atoms with Crippen LogP contribution in [0, 0.1) is 6.92 Å². The fourth-order valence-electron chi connectivity index (χ4n) is 1.48. The number of rotatable bonds is 2. The zero-order valence-corrected chi connectivity index (χ0v) is 10.8. The largest absolute Gasteiger partial charge is 0.324 e. The van der Waals surface area contributed by atoms with Crippen LogP contribution in [0.25, 0.3) is 11.0 Å². The van der Waals surface area contributed by atoms with Gasteiger partial charge in [-0.2, -0.15) is 0 Å². The van der Waals surface area contributed by atoms with E-state index in [1.807, 2.05) is 23.1 Å². The monoisotopic (exact) mass is 269 g/mol. The predicted molar refractivity (Wildman–Crippen MR) is 71.3 cm³/mol. The number of hydrogen-bond donors (Lipinski definition) is 2. The van der Waals surface area contributed by atoms with Gasteiger partial charge in [0.1, 0.15) is 9.85 Å². The third kappa shape index (κ3) is 1.61. The van der Waals surface area contributed by atoms with Gasteiger partial charge in [0.15, 0.2) is 0 Å². The summed E-state index contributed by atoms with van der Waals surface area (Å²) >= 11 is 9.24. The number of fused-ring (bicyclic) bond motifs is 1. The smallest absolute Gasteiger partial charge is 0.205 e. The van der Waals surface area contributed by atoms with Crippen molar-refractivity contribution < 1.29 is 0 Å². The summed E-state index contributed by atoms with van der Waals surface area (Å²) in [5, 5.41) is 9.29. The molecule has 0 aliphatic carbocycles. The standard InChI is InChI=1S/C10H8ClN3S2/c1-5-2-16-9(11)8(5)14-10-12-6-3-15-4-7(6)13-10/h2-4H,1H3,(H2,12,13,14). The van der Waals surface area contributed by atoms with Crippen LogP contribution in [0.15, 0.2) is 16.1 Å². The third-order valence-corrected chi connectivity index (χ3v) is 4.37. The van der Waals surface area contributed by atoms with Crippen LogP contribution in [0.3, 0.4) is 0 Å². The van der Waals surface area contributed by atoms with E-state index in [0.717, 1.165) is 32.6 Å². The summed E-state index contributed by atoms with van der Waals surface area (Å²) in [6, 6.07) is 0. The summed E-state index contributed by atoms with van der Waals surface area (Å²) in [6.45, 7) is 2.02. The lowest BCUT2D eigenvalue weighted by Gasteiger charge is -2.01. The molecule has 3 nitrogen and oxygen atoms in total. The highest BCUT2D eigenvalue weighted by Gasteiger charge is 2.09. The number of aromatic amines is 1. The molecule has 3 heterocycles. The van der Waals surface area contributed by atoms with Crippen molar-refractivity contribution in [1.29, 1.82) is 0 Å². The van der Waals surface area contributed by atoms with Crippen LogP contribution >= 0.6 is 34.3 Å². The first-order valence-electron chi connectivity index (χ1n) is 4.66. The van der Waals surface area contributed by atoms with E-state index in [0.29, 0.717) is 0 Å². The van der Waals surface area contributed by atoms with Crippen LogP contribution < -0.4 is 5.32 Å². The average Bonchev–Trinajstić information content (AvgIpc) is 2.88. The van der Waals surface area contributed by atoms with Gasteiger partial charge in [0.25, 0.3) is 0 Å². The highest BCUT2D eigenvalue weighted by molar-refractivity contribution is 7.15. The average molecular weight is 270 g/mol. The number of nitrogens with zero attached hydrogens (tertiary/aromatic N) is 1. The zero-order valence-electron chi connectivity index (χ0n) is 8.37. The molecule has 0 bridgehead atoms. The Morgan fingerprint density at radius 3 is 2.94 bits per heavy atom. The minimum absolute atomic E-state index is 0.737. The van der Waals surface area contributed by atoms with Crippen molar-refractivity contribution in [2.45, 2.75) is 6.92 Å². The van der Waals surface area contributed by atoms with Gasteiger partial charge in [-0.25, -0.2) is 4.98 Å². The Labute approximate surface area is 105 Å². The van der Waals surface area contributed by atoms with Crippen LogP contribution in [0.1, 0.15) is 5.56 Å². The van der Waals surface area contributed by atoms with E-state index < -0.39 is 0 Å². The van der Waals surface area contributed by atoms with Crippen molar-refractivity contribution in [2.75, 3.05) is 5.32 Å². The molecule has 3 aromatic heterocycles. The Balaban J connectivity index is 1.98. The Morgan fingerprint density at radius 2 is 2.25 bits per heavy atom. The third-order valence-electron chi connectivity index (χ3n) is 2.30. The Bertz CT molecular complexity index is 589. The van der Waals surface area contributed by atoms with Crippen LogP contribution in [0.4, 0.5) is 11.6 Å². The molecule has 16 heavy (non-hydrogen) atoms. The molecule has 0 spiro atoms. The lowest BCUT2D eigenvalue weighted by molar-refractivity contribution is 1.30. The number of hydrogen-bond acceptors (Lipinski definition) is 4. The number of imidazole rings is 1. The molecule has 0 amide bonds. The maximum absolute atomic E-state index is 6.08. The van der Waals surface area contributed by atoms with E-state index in [1.165, 1.54) is 11.3 Å². The second-order valence-corrected chi connectivity index (χ2v) is 5.67. The molecule has 0 saturated heterocycles. The molecule has 3 aromatic rings. The number of H-pyrrole nitrogens is 1. The summed E-state index contributed by atoms with van der Waals surface area (Å²) in [4.78, 5) is 7.62. The molecular weight excluding hydrogens is 262 g/mol. The summed E-state index contributed by atoms with van der Waals surface area (Å²) in [7, 11) is 0. The van der Waals surface area contributed by atoms with Crippen LogP contribution in [-0.4, -0.2) is 9.97 Å². The molecule has 0 atom stereocenters. The lowest BCUT2D eigenvalue weighted by atomic mass is 10.3. The van der Waals surface area contributed by atoms with Crippen molar-refractivity contribution in [2.24, 2.45) is 0 Å². The molecule has 0 aliphatic heterocycles.